The maximum atomic E-state index is 11.7. The van der Waals surface area contributed by atoms with Crippen molar-refractivity contribution < 1.29 is 19.4 Å². The fourth-order valence-electron chi connectivity index (χ4n) is 1.20. The second-order valence-electron chi connectivity index (χ2n) is 3.74. The zero-order valence-electron chi connectivity index (χ0n) is 11.1. The fraction of sp³-hybridized carbons (Fsp3) is 0.818. The molecule has 0 saturated carbocycles. The number of amides is 2. The summed E-state index contributed by atoms with van der Waals surface area (Å²) in [6, 6.07) is -1.22. The van der Waals surface area contributed by atoms with Gasteiger partial charge in [0.25, 0.3) is 0 Å². The number of urea groups is 1. The van der Waals surface area contributed by atoms with Gasteiger partial charge in [-0.15, -0.1) is 0 Å². The number of ether oxygens (including phenoxy) is 1. The van der Waals surface area contributed by atoms with Crippen molar-refractivity contribution in [3.05, 3.63) is 0 Å². The van der Waals surface area contributed by atoms with E-state index in [1.54, 1.807) is 18.8 Å². The number of aliphatic carboxylic acids is 1. The van der Waals surface area contributed by atoms with Gasteiger partial charge >= 0.3 is 12.0 Å². The molecular formula is C11H22N2O4S. The van der Waals surface area contributed by atoms with Crippen LogP contribution >= 0.6 is 11.8 Å². The first-order valence-corrected chi connectivity index (χ1v) is 7.23. The highest BCUT2D eigenvalue weighted by Crippen LogP contribution is 2.01. The van der Waals surface area contributed by atoms with Crippen LogP contribution in [0.2, 0.25) is 0 Å². The Bertz CT molecular complexity index is 263. The van der Waals surface area contributed by atoms with E-state index in [0.29, 0.717) is 31.9 Å². The lowest BCUT2D eigenvalue weighted by molar-refractivity contribution is -0.139. The van der Waals surface area contributed by atoms with Gasteiger partial charge in [-0.25, -0.2) is 9.59 Å². The van der Waals surface area contributed by atoms with Gasteiger partial charge in [-0.1, -0.05) is 0 Å². The van der Waals surface area contributed by atoms with Crippen LogP contribution < -0.4 is 5.32 Å². The highest BCUT2D eigenvalue weighted by Gasteiger charge is 2.20. The number of nitrogens with zero attached hydrogens (tertiary/aromatic N) is 1. The van der Waals surface area contributed by atoms with Crippen LogP contribution in [0.1, 0.15) is 13.3 Å². The molecular weight excluding hydrogens is 256 g/mol. The third kappa shape index (κ3) is 7.39. The molecule has 0 aromatic heterocycles. The van der Waals surface area contributed by atoms with E-state index in [9.17, 15) is 9.59 Å². The Morgan fingerprint density at radius 1 is 1.50 bits per heavy atom. The van der Waals surface area contributed by atoms with E-state index in [1.165, 1.54) is 4.90 Å². The van der Waals surface area contributed by atoms with Crippen molar-refractivity contribution in [3.8, 4) is 0 Å². The number of carbonyl (C=O) groups excluding carboxylic acids is 1. The van der Waals surface area contributed by atoms with E-state index in [2.05, 4.69) is 5.32 Å². The Labute approximate surface area is 112 Å². The average molecular weight is 278 g/mol. The highest BCUT2D eigenvalue weighted by atomic mass is 32.2. The van der Waals surface area contributed by atoms with Gasteiger partial charge in [0.2, 0.25) is 0 Å². The topological polar surface area (TPSA) is 78.9 Å². The van der Waals surface area contributed by atoms with Crippen LogP contribution in [0.25, 0.3) is 0 Å². The zero-order valence-corrected chi connectivity index (χ0v) is 12.0. The first-order chi connectivity index (χ1) is 8.52. The van der Waals surface area contributed by atoms with Gasteiger partial charge in [0.05, 0.1) is 6.61 Å². The smallest absolute Gasteiger partial charge is 0.326 e. The molecule has 0 bridgehead atoms. The van der Waals surface area contributed by atoms with Crippen LogP contribution in [0.5, 0.6) is 0 Å². The Balaban J connectivity index is 4.10. The third-order valence-electron chi connectivity index (χ3n) is 2.33. The lowest BCUT2D eigenvalue weighted by atomic mass is 10.2. The third-order valence-corrected chi connectivity index (χ3v) is 2.97. The quantitative estimate of drug-likeness (QED) is 0.612. The van der Waals surface area contributed by atoms with Gasteiger partial charge in [0.1, 0.15) is 6.04 Å². The molecule has 2 amide bonds. The van der Waals surface area contributed by atoms with Crippen molar-refractivity contribution >= 4 is 23.8 Å². The summed E-state index contributed by atoms with van der Waals surface area (Å²) in [6.07, 6.45) is 2.32. The molecule has 0 rings (SSSR count). The summed E-state index contributed by atoms with van der Waals surface area (Å²) >= 11 is 1.55. The molecule has 0 radical (unpaired) electrons. The minimum absolute atomic E-state index is 0.386. The maximum absolute atomic E-state index is 11.7. The molecule has 0 aromatic rings. The van der Waals surface area contributed by atoms with Crippen LogP contribution in [0.15, 0.2) is 0 Å². The van der Waals surface area contributed by atoms with Gasteiger partial charge in [-0.05, 0) is 25.4 Å². The maximum Gasteiger partial charge on any atom is 0.326 e. The van der Waals surface area contributed by atoms with Crippen LogP contribution in [-0.4, -0.2) is 66.9 Å². The van der Waals surface area contributed by atoms with Crippen molar-refractivity contribution in [2.75, 3.05) is 38.8 Å². The summed E-state index contributed by atoms with van der Waals surface area (Å²) in [6.45, 7) is 3.36. The zero-order chi connectivity index (χ0) is 14.0. The summed E-state index contributed by atoms with van der Waals surface area (Å²) in [5.74, 6) is -0.310. The number of carbonyl (C=O) groups is 2. The van der Waals surface area contributed by atoms with Gasteiger partial charge in [0, 0.05) is 20.2 Å². The Morgan fingerprint density at radius 3 is 2.67 bits per heavy atom. The molecule has 6 nitrogen and oxygen atoms in total. The first-order valence-electron chi connectivity index (χ1n) is 5.84. The Kier molecular flexibility index (Phi) is 9.49. The molecule has 2 N–H and O–H groups in total. The molecule has 0 spiro atoms. The Hall–Kier alpha value is -0.950. The van der Waals surface area contributed by atoms with Crippen molar-refractivity contribution in [2.24, 2.45) is 0 Å². The molecule has 106 valence electrons. The molecule has 0 aliphatic rings. The van der Waals surface area contributed by atoms with Crippen LogP contribution in [0, 0.1) is 0 Å². The summed E-state index contributed by atoms with van der Waals surface area (Å²) < 4.78 is 5.13. The second kappa shape index (κ2) is 10.0. The number of nitrogens with one attached hydrogen (secondary N) is 1. The normalized spacial score (nSPS) is 11.9. The minimum atomic E-state index is -1.00. The molecule has 0 aliphatic heterocycles. The van der Waals surface area contributed by atoms with Crippen LogP contribution in [-0.2, 0) is 9.53 Å². The summed E-state index contributed by atoms with van der Waals surface area (Å²) in [5.41, 5.74) is 0. The standard InChI is InChI=1S/C11H22N2O4S/c1-4-17-7-6-13(2)11(16)12-9(10(14)15)5-8-18-3/h9H,4-8H2,1-3H3,(H,12,16)(H,14,15)/t9-/m0/s1. The van der Waals surface area contributed by atoms with Gasteiger partial charge in [-0.2, -0.15) is 11.8 Å². The number of carboxylic acid groups (broad SMARTS) is 1. The van der Waals surface area contributed by atoms with E-state index in [4.69, 9.17) is 9.84 Å². The molecule has 7 heteroatoms. The SMILES string of the molecule is CCOCCN(C)C(=O)N[C@@H](CCSC)C(=O)O. The number of thioether (sulfide) groups is 1. The van der Waals surface area contributed by atoms with E-state index < -0.39 is 12.0 Å². The van der Waals surface area contributed by atoms with Crippen molar-refractivity contribution in [3.63, 3.8) is 0 Å². The van der Waals surface area contributed by atoms with Gasteiger partial charge in [0.15, 0.2) is 0 Å². The summed E-state index contributed by atoms with van der Waals surface area (Å²) in [7, 11) is 1.61. The van der Waals surface area contributed by atoms with Gasteiger partial charge < -0.3 is 20.1 Å². The number of rotatable bonds is 9. The average Bonchev–Trinajstić information content (AvgIpc) is 2.33. The summed E-state index contributed by atoms with van der Waals surface area (Å²) in [4.78, 5) is 24.1. The van der Waals surface area contributed by atoms with E-state index in [1.807, 2.05) is 13.2 Å². The number of hydrogen-bond acceptors (Lipinski definition) is 4. The number of likely N-dealkylation sites (N-methyl/N-ethyl adjacent to an activating group) is 1. The van der Waals surface area contributed by atoms with Crippen LogP contribution in [0.4, 0.5) is 4.79 Å². The van der Waals surface area contributed by atoms with Crippen molar-refractivity contribution in [1.82, 2.24) is 10.2 Å². The highest BCUT2D eigenvalue weighted by molar-refractivity contribution is 7.98. The van der Waals surface area contributed by atoms with Crippen molar-refractivity contribution in [1.29, 1.82) is 0 Å². The molecule has 0 fully saturated rings. The molecule has 0 heterocycles. The lowest BCUT2D eigenvalue weighted by Gasteiger charge is -2.21. The van der Waals surface area contributed by atoms with E-state index in [0.717, 1.165) is 0 Å². The monoisotopic (exact) mass is 278 g/mol. The minimum Gasteiger partial charge on any atom is -0.480 e. The predicted octanol–water partition coefficient (Wildman–Crippen LogP) is 0.871. The molecule has 0 aromatic carbocycles. The van der Waals surface area contributed by atoms with E-state index >= 15 is 0 Å². The van der Waals surface area contributed by atoms with Gasteiger partial charge in [-0.3, -0.25) is 0 Å². The number of carboxylic acids is 1. The van der Waals surface area contributed by atoms with Crippen molar-refractivity contribution in [2.45, 2.75) is 19.4 Å². The molecule has 1 atom stereocenters. The number of hydrogen-bond donors (Lipinski definition) is 2. The van der Waals surface area contributed by atoms with Crippen LogP contribution in [0.3, 0.4) is 0 Å². The van der Waals surface area contributed by atoms with E-state index in [-0.39, 0.29) is 6.03 Å². The largest absolute Gasteiger partial charge is 0.480 e. The second-order valence-corrected chi connectivity index (χ2v) is 4.73. The summed E-state index contributed by atoms with van der Waals surface area (Å²) in [5, 5.41) is 11.5. The molecule has 18 heavy (non-hydrogen) atoms. The fourth-order valence-corrected chi connectivity index (χ4v) is 1.67. The lowest BCUT2D eigenvalue weighted by Crippen LogP contribution is -2.47. The first kappa shape index (κ1) is 17.1. The predicted molar refractivity (Wildman–Crippen MR) is 72.1 cm³/mol. The molecule has 0 saturated heterocycles. The molecule has 0 aliphatic carbocycles. The molecule has 0 unspecified atom stereocenters. The Morgan fingerprint density at radius 2 is 2.17 bits per heavy atom.